The van der Waals surface area contributed by atoms with Crippen molar-refractivity contribution in [3.8, 4) is 5.75 Å². The van der Waals surface area contributed by atoms with Gasteiger partial charge in [-0.15, -0.1) is 0 Å². The Bertz CT molecular complexity index is 1150. The first-order valence-electron chi connectivity index (χ1n) is 7.84. The molecule has 25 heavy (non-hydrogen) atoms. The lowest BCUT2D eigenvalue weighted by Crippen LogP contribution is -2.17. The standard InChI is InChI=1S/C19H16N4O2/c1-12-3-5-13(6-4-12)10-21-23-11-20-17-15-9-14(25-2)7-8-16(15)22-18(17)19(23)24/h3-11,22H,1-2H3. The molecule has 2 aromatic carbocycles. The fraction of sp³-hybridized carbons (Fsp3) is 0.105. The number of hydrogen-bond acceptors (Lipinski definition) is 4. The van der Waals surface area contributed by atoms with Gasteiger partial charge >= 0.3 is 0 Å². The van der Waals surface area contributed by atoms with E-state index in [0.717, 1.165) is 22.2 Å². The fourth-order valence-corrected chi connectivity index (χ4v) is 2.72. The predicted octanol–water partition coefficient (Wildman–Crippen LogP) is 3.08. The molecule has 6 nitrogen and oxygen atoms in total. The summed E-state index contributed by atoms with van der Waals surface area (Å²) >= 11 is 0. The molecule has 1 N–H and O–H groups in total. The number of hydrogen-bond donors (Lipinski definition) is 1. The van der Waals surface area contributed by atoms with Crippen molar-refractivity contribution in [2.24, 2.45) is 5.10 Å². The highest BCUT2D eigenvalue weighted by molar-refractivity contribution is 6.04. The number of aromatic nitrogens is 3. The zero-order valence-electron chi connectivity index (χ0n) is 13.9. The second kappa shape index (κ2) is 5.90. The van der Waals surface area contributed by atoms with E-state index in [1.807, 2.05) is 49.4 Å². The van der Waals surface area contributed by atoms with Crippen molar-refractivity contribution in [2.45, 2.75) is 6.92 Å². The molecule has 6 heteroatoms. The van der Waals surface area contributed by atoms with E-state index in [1.54, 1.807) is 13.3 Å². The minimum Gasteiger partial charge on any atom is -0.497 e. The smallest absolute Gasteiger partial charge is 0.298 e. The number of aryl methyl sites for hydroxylation is 1. The minimum absolute atomic E-state index is 0.247. The van der Waals surface area contributed by atoms with Crippen molar-refractivity contribution in [3.63, 3.8) is 0 Å². The molecule has 0 aliphatic rings. The van der Waals surface area contributed by atoms with Crippen LogP contribution in [-0.4, -0.2) is 28.0 Å². The molecule has 0 unspecified atom stereocenters. The van der Waals surface area contributed by atoms with E-state index in [2.05, 4.69) is 15.1 Å². The van der Waals surface area contributed by atoms with Crippen molar-refractivity contribution in [1.29, 1.82) is 0 Å². The summed E-state index contributed by atoms with van der Waals surface area (Å²) in [6.45, 7) is 2.02. The van der Waals surface area contributed by atoms with E-state index in [1.165, 1.54) is 16.6 Å². The maximum atomic E-state index is 12.7. The summed E-state index contributed by atoms with van der Waals surface area (Å²) in [6, 6.07) is 13.5. The topological polar surface area (TPSA) is 72.3 Å². The van der Waals surface area contributed by atoms with E-state index in [4.69, 9.17) is 4.74 Å². The number of H-pyrrole nitrogens is 1. The Hall–Kier alpha value is -3.41. The maximum Gasteiger partial charge on any atom is 0.298 e. The minimum atomic E-state index is -0.247. The van der Waals surface area contributed by atoms with Gasteiger partial charge in [-0.25, -0.2) is 4.98 Å². The Morgan fingerprint density at radius 2 is 2.00 bits per heavy atom. The third kappa shape index (κ3) is 2.67. The number of nitrogens with zero attached hydrogens (tertiary/aromatic N) is 3. The number of ether oxygens (including phenoxy) is 1. The molecule has 0 saturated carbocycles. The Kier molecular flexibility index (Phi) is 3.57. The fourth-order valence-electron chi connectivity index (χ4n) is 2.72. The summed E-state index contributed by atoms with van der Waals surface area (Å²) < 4.78 is 6.47. The van der Waals surface area contributed by atoms with Gasteiger partial charge in [0.1, 0.15) is 23.1 Å². The lowest BCUT2D eigenvalue weighted by atomic mass is 10.2. The van der Waals surface area contributed by atoms with Gasteiger partial charge in [0.2, 0.25) is 0 Å². The van der Waals surface area contributed by atoms with Gasteiger partial charge in [-0.1, -0.05) is 29.8 Å². The molecule has 124 valence electrons. The average Bonchev–Trinajstić information content (AvgIpc) is 3.01. The van der Waals surface area contributed by atoms with Gasteiger partial charge in [-0.2, -0.15) is 9.78 Å². The molecule has 0 bridgehead atoms. The molecule has 0 saturated heterocycles. The lowest BCUT2D eigenvalue weighted by Gasteiger charge is -1.99. The van der Waals surface area contributed by atoms with Gasteiger partial charge in [-0.3, -0.25) is 4.79 Å². The van der Waals surface area contributed by atoms with Crippen LogP contribution in [0.15, 0.2) is 58.7 Å². The van der Waals surface area contributed by atoms with Gasteiger partial charge in [0.25, 0.3) is 5.56 Å². The summed E-state index contributed by atoms with van der Waals surface area (Å²) in [4.78, 5) is 20.2. The van der Waals surface area contributed by atoms with Gasteiger partial charge in [0.15, 0.2) is 0 Å². The molecule has 0 amide bonds. The average molecular weight is 332 g/mol. The van der Waals surface area contributed by atoms with Crippen LogP contribution in [0.3, 0.4) is 0 Å². The first-order valence-corrected chi connectivity index (χ1v) is 7.84. The zero-order chi connectivity index (χ0) is 17.4. The first kappa shape index (κ1) is 15.1. The molecule has 0 spiro atoms. The molecule has 2 aromatic heterocycles. The van der Waals surface area contributed by atoms with Crippen molar-refractivity contribution < 1.29 is 4.74 Å². The normalized spacial score (nSPS) is 11.6. The number of benzene rings is 2. The van der Waals surface area contributed by atoms with Crippen LogP contribution >= 0.6 is 0 Å². The van der Waals surface area contributed by atoms with Crippen LogP contribution in [0.2, 0.25) is 0 Å². The van der Waals surface area contributed by atoms with E-state index in [0.29, 0.717) is 11.0 Å². The third-order valence-electron chi connectivity index (χ3n) is 4.11. The van der Waals surface area contributed by atoms with E-state index < -0.39 is 0 Å². The van der Waals surface area contributed by atoms with Crippen molar-refractivity contribution in [2.75, 3.05) is 7.11 Å². The maximum absolute atomic E-state index is 12.7. The molecule has 2 heterocycles. The van der Waals surface area contributed by atoms with Crippen LogP contribution in [0.1, 0.15) is 11.1 Å². The lowest BCUT2D eigenvalue weighted by molar-refractivity contribution is 0.415. The summed E-state index contributed by atoms with van der Waals surface area (Å²) in [7, 11) is 1.61. The largest absolute Gasteiger partial charge is 0.497 e. The zero-order valence-corrected chi connectivity index (χ0v) is 13.9. The summed E-state index contributed by atoms with van der Waals surface area (Å²) in [6.07, 6.45) is 3.07. The quantitative estimate of drug-likeness (QED) is 0.586. The Balaban J connectivity index is 1.81. The summed E-state index contributed by atoms with van der Waals surface area (Å²) in [5.74, 6) is 0.719. The van der Waals surface area contributed by atoms with Crippen molar-refractivity contribution in [3.05, 3.63) is 70.3 Å². The Morgan fingerprint density at radius 1 is 1.20 bits per heavy atom. The summed E-state index contributed by atoms with van der Waals surface area (Å²) in [5.41, 5.74) is 3.71. The van der Waals surface area contributed by atoms with Crippen LogP contribution in [0.5, 0.6) is 5.75 Å². The SMILES string of the molecule is COc1ccc2[nH]c3c(=O)n(N=Cc4ccc(C)cc4)cnc3c2c1. The third-order valence-corrected chi connectivity index (χ3v) is 4.11. The monoisotopic (exact) mass is 332 g/mol. The molecule has 0 fully saturated rings. The van der Waals surface area contributed by atoms with Gasteiger partial charge < -0.3 is 9.72 Å². The predicted molar refractivity (Wildman–Crippen MR) is 98.6 cm³/mol. The van der Waals surface area contributed by atoms with Gasteiger partial charge in [0.05, 0.1) is 13.3 Å². The highest BCUT2D eigenvalue weighted by Gasteiger charge is 2.11. The van der Waals surface area contributed by atoms with Gasteiger partial charge in [0, 0.05) is 10.9 Å². The number of fused-ring (bicyclic) bond motifs is 3. The van der Waals surface area contributed by atoms with E-state index in [-0.39, 0.29) is 5.56 Å². The molecular formula is C19H16N4O2. The second-order valence-electron chi connectivity index (χ2n) is 5.81. The highest BCUT2D eigenvalue weighted by atomic mass is 16.5. The van der Waals surface area contributed by atoms with Crippen LogP contribution in [0.25, 0.3) is 21.9 Å². The van der Waals surface area contributed by atoms with Crippen LogP contribution in [-0.2, 0) is 0 Å². The molecule has 0 radical (unpaired) electrons. The number of rotatable bonds is 3. The highest BCUT2D eigenvalue weighted by Crippen LogP contribution is 2.25. The summed E-state index contributed by atoms with van der Waals surface area (Å²) in [5, 5.41) is 5.08. The molecule has 0 aliphatic heterocycles. The second-order valence-corrected chi connectivity index (χ2v) is 5.81. The van der Waals surface area contributed by atoms with Crippen molar-refractivity contribution in [1.82, 2.24) is 14.6 Å². The molecule has 4 aromatic rings. The Morgan fingerprint density at radius 3 is 2.76 bits per heavy atom. The van der Waals surface area contributed by atoms with Crippen LogP contribution in [0, 0.1) is 6.92 Å². The first-order chi connectivity index (χ1) is 12.2. The van der Waals surface area contributed by atoms with E-state index in [9.17, 15) is 4.79 Å². The van der Waals surface area contributed by atoms with Crippen LogP contribution in [0.4, 0.5) is 0 Å². The van der Waals surface area contributed by atoms with Gasteiger partial charge in [-0.05, 0) is 30.7 Å². The number of methoxy groups -OCH3 is 1. The molecule has 0 atom stereocenters. The molecular weight excluding hydrogens is 316 g/mol. The molecule has 0 aliphatic carbocycles. The Labute approximate surface area is 143 Å². The molecule has 4 rings (SSSR count). The number of nitrogens with one attached hydrogen (secondary N) is 1. The van der Waals surface area contributed by atoms with E-state index >= 15 is 0 Å². The van der Waals surface area contributed by atoms with Crippen LogP contribution < -0.4 is 10.3 Å². The van der Waals surface area contributed by atoms with Crippen molar-refractivity contribution >= 4 is 28.2 Å². The number of aromatic amines is 1.